The molecule has 0 fully saturated rings. The maximum Gasteiger partial charge on any atom is 0.222 e. The van der Waals surface area contributed by atoms with Crippen molar-refractivity contribution in [2.75, 3.05) is 26.7 Å². The summed E-state index contributed by atoms with van der Waals surface area (Å²) in [6, 6.07) is 0. The Morgan fingerprint density at radius 1 is 1.38 bits per heavy atom. The maximum absolute atomic E-state index is 11.3. The average molecular weight is 186 g/mol. The van der Waals surface area contributed by atoms with Crippen LogP contribution in [0.2, 0.25) is 0 Å². The third kappa shape index (κ3) is 5.36. The number of likely N-dealkylation sites (N-methyl/N-ethyl adjacent to an activating group) is 1. The summed E-state index contributed by atoms with van der Waals surface area (Å²) in [5, 5.41) is 2.95. The van der Waals surface area contributed by atoms with Crippen LogP contribution in [-0.2, 0) is 9.59 Å². The van der Waals surface area contributed by atoms with Crippen molar-refractivity contribution in [3.05, 3.63) is 0 Å². The number of ketones is 1. The van der Waals surface area contributed by atoms with E-state index in [0.29, 0.717) is 13.0 Å². The predicted octanol–water partition coefficient (Wildman–Crippen LogP) is 0.0334. The molecule has 0 aliphatic rings. The Morgan fingerprint density at radius 2 is 2.00 bits per heavy atom. The second-order valence-electron chi connectivity index (χ2n) is 2.97. The van der Waals surface area contributed by atoms with Crippen molar-refractivity contribution in [2.24, 2.45) is 0 Å². The van der Waals surface area contributed by atoms with Crippen molar-refractivity contribution in [2.45, 2.75) is 20.3 Å². The van der Waals surface area contributed by atoms with Crippen LogP contribution in [0, 0.1) is 0 Å². The Labute approximate surface area is 79.3 Å². The first kappa shape index (κ1) is 12.1. The van der Waals surface area contributed by atoms with Gasteiger partial charge in [-0.2, -0.15) is 0 Å². The van der Waals surface area contributed by atoms with Crippen LogP contribution in [0.25, 0.3) is 0 Å². The number of hydrogen-bond acceptors (Lipinski definition) is 3. The van der Waals surface area contributed by atoms with E-state index >= 15 is 0 Å². The molecule has 13 heavy (non-hydrogen) atoms. The molecular weight excluding hydrogens is 168 g/mol. The van der Waals surface area contributed by atoms with E-state index in [1.165, 1.54) is 6.92 Å². The van der Waals surface area contributed by atoms with E-state index < -0.39 is 0 Å². The monoisotopic (exact) mass is 186 g/mol. The van der Waals surface area contributed by atoms with E-state index in [9.17, 15) is 9.59 Å². The molecule has 0 saturated heterocycles. The van der Waals surface area contributed by atoms with Crippen molar-refractivity contribution in [1.29, 1.82) is 0 Å². The van der Waals surface area contributed by atoms with Gasteiger partial charge in [-0.25, -0.2) is 0 Å². The highest BCUT2D eigenvalue weighted by atomic mass is 16.2. The fraction of sp³-hybridized carbons (Fsp3) is 0.778. The van der Waals surface area contributed by atoms with Crippen molar-refractivity contribution in [3.63, 3.8) is 0 Å². The minimum Gasteiger partial charge on any atom is -0.334 e. The number of amides is 1. The van der Waals surface area contributed by atoms with Gasteiger partial charge < -0.3 is 10.2 Å². The molecule has 0 rings (SSSR count). The van der Waals surface area contributed by atoms with E-state index in [4.69, 9.17) is 0 Å². The molecule has 0 aliphatic carbocycles. The lowest BCUT2D eigenvalue weighted by Gasteiger charge is -2.20. The van der Waals surface area contributed by atoms with Gasteiger partial charge in [-0.05, 0) is 14.0 Å². The highest BCUT2D eigenvalue weighted by molar-refractivity contribution is 5.84. The van der Waals surface area contributed by atoms with Crippen LogP contribution < -0.4 is 5.32 Å². The van der Waals surface area contributed by atoms with Gasteiger partial charge in [0.1, 0.15) is 5.78 Å². The second kappa shape index (κ2) is 6.60. The summed E-state index contributed by atoms with van der Waals surface area (Å²) in [5.41, 5.74) is 0. The molecule has 76 valence electrons. The Hall–Kier alpha value is -0.900. The molecule has 0 aliphatic heterocycles. The summed E-state index contributed by atoms with van der Waals surface area (Å²) in [4.78, 5) is 23.7. The number of nitrogens with one attached hydrogen (secondary N) is 1. The summed E-state index contributed by atoms with van der Waals surface area (Å²) in [6.45, 7) is 4.85. The van der Waals surface area contributed by atoms with Crippen molar-refractivity contribution >= 4 is 11.7 Å². The van der Waals surface area contributed by atoms with E-state index in [1.54, 1.807) is 11.8 Å². The Bertz CT molecular complexity index is 180. The summed E-state index contributed by atoms with van der Waals surface area (Å²) in [7, 11) is 1.82. The first-order chi connectivity index (χ1) is 6.11. The fourth-order valence-corrected chi connectivity index (χ4v) is 1.03. The summed E-state index contributed by atoms with van der Waals surface area (Å²) in [6.07, 6.45) is 0.455. The minimum atomic E-state index is 0.0258. The molecular formula is C9H18N2O2. The normalized spacial score (nSPS) is 9.77. The number of nitrogens with zero attached hydrogens (tertiary/aromatic N) is 1. The number of hydrogen-bond donors (Lipinski definition) is 1. The largest absolute Gasteiger partial charge is 0.334 e. The van der Waals surface area contributed by atoms with Gasteiger partial charge in [0, 0.05) is 19.5 Å². The zero-order chi connectivity index (χ0) is 10.3. The molecule has 0 heterocycles. The molecule has 0 spiro atoms. The minimum absolute atomic E-state index is 0.0258. The van der Waals surface area contributed by atoms with Crippen LogP contribution >= 0.6 is 0 Å². The molecule has 0 bridgehead atoms. The first-order valence-electron chi connectivity index (χ1n) is 4.53. The molecule has 4 heteroatoms. The smallest absolute Gasteiger partial charge is 0.222 e. The third-order valence-corrected chi connectivity index (χ3v) is 1.70. The van der Waals surface area contributed by atoms with Gasteiger partial charge >= 0.3 is 0 Å². The van der Waals surface area contributed by atoms with Gasteiger partial charge in [0.25, 0.3) is 0 Å². The molecule has 0 saturated carbocycles. The van der Waals surface area contributed by atoms with Crippen molar-refractivity contribution in [1.82, 2.24) is 10.2 Å². The number of Topliss-reactive ketones (excluding diaryl/α,β-unsaturated/α-hetero) is 1. The molecule has 0 radical (unpaired) electrons. The zero-order valence-corrected chi connectivity index (χ0v) is 8.59. The number of carbonyl (C=O) groups is 2. The van der Waals surface area contributed by atoms with Crippen LogP contribution in [0.3, 0.4) is 0 Å². The Kier molecular flexibility index (Phi) is 6.14. The van der Waals surface area contributed by atoms with Crippen LogP contribution in [0.15, 0.2) is 0 Å². The summed E-state index contributed by atoms with van der Waals surface area (Å²) in [5.74, 6) is 0.0587. The second-order valence-corrected chi connectivity index (χ2v) is 2.97. The average Bonchev–Trinajstić information content (AvgIpc) is 2.10. The number of rotatable bonds is 6. The van der Waals surface area contributed by atoms with Gasteiger partial charge in [-0.1, -0.05) is 6.92 Å². The van der Waals surface area contributed by atoms with E-state index in [0.717, 1.165) is 6.54 Å². The molecule has 0 aromatic heterocycles. The van der Waals surface area contributed by atoms with Gasteiger partial charge in [0.05, 0.1) is 6.54 Å². The molecule has 0 aromatic rings. The van der Waals surface area contributed by atoms with Gasteiger partial charge in [-0.3, -0.25) is 9.59 Å². The lowest BCUT2D eigenvalue weighted by Crippen LogP contribution is -2.38. The van der Waals surface area contributed by atoms with E-state index in [1.807, 2.05) is 7.05 Å². The molecule has 1 amide bonds. The molecule has 1 N–H and O–H groups in total. The zero-order valence-electron chi connectivity index (χ0n) is 8.59. The lowest BCUT2D eigenvalue weighted by atomic mass is 10.3. The highest BCUT2D eigenvalue weighted by Gasteiger charge is 2.11. The Balaban J connectivity index is 4.02. The summed E-state index contributed by atoms with van der Waals surface area (Å²) < 4.78 is 0. The first-order valence-corrected chi connectivity index (χ1v) is 4.53. The topological polar surface area (TPSA) is 49.4 Å². The SMILES string of the molecule is CCC(=O)N(CCNC)CC(C)=O. The predicted molar refractivity (Wildman–Crippen MR) is 51.5 cm³/mol. The van der Waals surface area contributed by atoms with Crippen molar-refractivity contribution < 1.29 is 9.59 Å². The third-order valence-electron chi connectivity index (χ3n) is 1.70. The molecule has 0 unspecified atom stereocenters. The van der Waals surface area contributed by atoms with Gasteiger partial charge in [-0.15, -0.1) is 0 Å². The van der Waals surface area contributed by atoms with Crippen LogP contribution in [-0.4, -0.2) is 43.3 Å². The lowest BCUT2D eigenvalue weighted by molar-refractivity contribution is -0.134. The summed E-state index contributed by atoms with van der Waals surface area (Å²) >= 11 is 0. The fourth-order valence-electron chi connectivity index (χ4n) is 1.03. The highest BCUT2D eigenvalue weighted by Crippen LogP contribution is 1.93. The molecule has 4 nitrogen and oxygen atoms in total. The maximum atomic E-state index is 11.3. The van der Waals surface area contributed by atoms with Crippen LogP contribution in [0.1, 0.15) is 20.3 Å². The molecule has 0 aromatic carbocycles. The Morgan fingerprint density at radius 3 is 2.38 bits per heavy atom. The van der Waals surface area contributed by atoms with Crippen LogP contribution in [0.4, 0.5) is 0 Å². The van der Waals surface area contributed by atoms with E-state index in [-0.39, 0.29) is 18.2 Å². The molecule has 0 atom stereocenters. The van der Waals surface area contributed by atoms with Gasteiger partial charge in [0.15, 0.2) is 0 Å². The van der Waals surface area contributed by atoms with Crippen molar-refractivity contribution in [3.8, 4) is 0 Å². The standard InChI is InChI=1S/C9H18N2O2/c1-4-9(13)11(6-5-10-3)7-8(2)12/h10H,4-7H2,1-3H3. The quantitative estimate of drug-likeness (QED) is 0.637. The van der Waals surface area contributed by atoms with E-state index in [2.05, 4.69) is 5.32 Å². The van der Waals surface area contributed by atoms with Gasteiger partial charge in [0.2, 0.25) is 5.91 Å². The number of carbonyl (C=O) groups excluding carboxylic acids is 2. The van der Waals surface area contributed by atoms with Crippen LogP contribution in [0.5, 0.6) is 0 Å².